The molecule has 1 aliphatic rings. The van der Waals surface area contributed by atoms with Crippen LogP contribution in [-0.2, 0) is 0 Å². The average Bonchev–Trinajstić information content (AvgIpc) is 2.15. The van der Waals surface area contributed by atoms with Gasteiger partial charge in [0.15, 0.2) is 5.00 Å². The van der Waals surface area contributed by atoms with Gasteiger partial charge in [0, 0.05) is 0 Å². The van der Waals surface area contributed by atoms with Gasteiger partial charge in [-0.25, -0.2) is 0 Å². The van der Waals surface area contributed by atoms with Crippen LogP contribution in [0.3, 0.4) is 0 Å². The monoisotopic (exact) mass is 230 g/mol. The van der Waals surface area contributed by atoms with Gasteiger partial charge < -0.3 is 0 Å². The van der Waals surface area contributed by atoms with E-state index in [0.717, 1.165) is 6.42 Å². The van der Waals surface area contributed by atoms with Crippen molar-refractivity contribution in [3.05, 3.63) is 0 Å². The molecule has 0 aromatic heterocycles. The smallest absolute Gasteiger partial charge is 0.152 e. The first-order valence-electron chi connectivity index (χ1n) is 6.10. The quantitative estimate of drug-likeness (QED) is 0.378. The normalized spacial score (nSPS) is 23.5. The Morgan fingerprint density at radius 3 is 2.40 bits per heavy atom. The Morgan fingerprint density at radius 1 is 1.27 bits per heavy atom. The zero-order valence-electron chi connectivity index (χ0n) is 10.2. The van der Waals surface area contributed by atoms with Crippen LogP contribution in [0.2, 0.25) is 0 Å². The van der Waals surface area contributed by atoms with Crippen LogP contribution in [0.25, 0.3) is 0 Å². The van der Waals surface area contributed by atoms with Gasteiger partial charge in [-0.05, 0) is 32.1 Å². The van der Waals surface area contributed by atoms with Gasteiger partial charge in [0.25, 0.3) is 0 Å². The van der Waals surface area contributed by atoms with Crippen molar-refractivity contribution in [1.82, 2.24) is 0 Å². The fourth-order valence-corrected chi connectivity index (χ4v) is 2.54. The molecule has 0 aromatic rings. The number of hydrogen-bond donors (Lipinski definition) is 0. The molecule has 0 N–H and O–H groups in total. The lowest BCUT2D eigenvalue weighted by molar-refractivity contribution is 0.402. The zero-order valence-corrected chi connectivity index (χ0v) is 10.9. The largest absolute Gasteiger partial charge is 0.189 e. The Labute approximate surface area is 98.5 Å². The lowest BCUT2D eigenvalue weighted by atomic mass is 9.96. The predicted molar refractivity (Wildman–Crippen MR) is 65.4 cm³/mol. The third kappa shape index (κ3) is 5.50. The van der Waals surface area contributed by atoms with E-state index in [-0.39, 0.29) is 0 Å². The van der Waals surface area contributed by atoms with Gasteiger partial charge in [-0.2, -0.15) is 10.2 Å². The van der Waals surface area contributed by atoms with Crippen molar-refractivity contribution in [3.63, 3.8) is 0 Å². The van der Waals surface area contributed by atoms with Gasteiger partial charge >= 0.3 is 0 Å². The molecule has 1 saturated carbocycles. The second-order valence-electron chi connectivity index (χ2n) is 5.25. The molecular formula is C12H23ClN2. The Bertz CT molecular complexity index is 206. The molecule has 0 saturated heterocycles. The minimum atomic E-state index is -0.494. The van der Waals surface area contributed by atoms with Crippen LogP contribution in [0.15, 0.2) is 10.2 Å². The summed E-state index contributed by atoms with van der Waals surface area (Å²) in [6.45, 7) is 6.29. The molecule has 88 valence electrons. The maximum atomic E-state index is 6.29. The summed E-state index contributed by atoms with van der Waals surface area (Å²) in [5, 5.41) is 8.71. The van der Waals surface area contributed by atoms with Crippen molar-refractivity contribution in [3.8, 4) is 0 Å². The number of hydrogen-bond acceptors (Lipinski definition) is 2. The molecule has 0 heterocycles. The molecule has 0 spiro atoms. The zero-order chi connectivity index (χ0) is 11.3. The van der Waals surface area contributed by atoms with E-state index in [1.165, 1.54) is 32.1 Å². The van der Waals surface area contributed by atoms with Crippen molar-refractivity contribution in [2.75, 3.05) is 0 Å². The van der Waals surface area contributed by atoms with Crippen LogP contribution in [0, 0.1) is 5.92 Å². The summed E-state index contributed by atoms with van der Waals surface area (Å²) >= 11 is 6.29. The van der Waals surface area contributed by atoms with E-state index in [9.17, 15) is 0 Å². The Hall–Kier alpha value is -0.110. The fraction of sp³-hybridized carbons (Fsp3) is 1.00. The Kier molecular flexibility index (Phi) is 5.04. The van der Waals surface area contributed by atoms with Crippen molar-refractivity contribution in [1.29, 1.82) is 0 Å². The van der Waals surface area contributed by atoms with E-state index < -0.39 is 5.00 Å². The molecule has 3 heteroatoms. The van der Waals surface area contributed by atoms with E-state index in [0.29, 0.717) is 12.0 Å². The molecule has 0 amide bonds. The molecule has 1 atom stereocenters. The van der Waals surface area contributed by atoms with Gasteiger partial charge in [-0.15, -0.1) is 0 Å². The molecule has 1 rings (SSSR count). The number of rotatable bonds is 4. The summed E-state index contributed by atoms with van der Waals surface area (Å²) in [5.74, 6) is 0.567. The Morgan fingerprint density at radius 2 is 1.87 bits per heavy atom. The molecule has 1 unspecified atom stereocenters. The van der Waals surface area contributed by atoms with Crippen LogP contribution in [-0.4, -0.2) is 11.0 Å². The second kappa shape index (κ2) is 5.83. The average molecular weight is 231 g/mol. The third-order valence-electron chi connectivity index (χ3n) is 2.79. The van der Waals surface area contributed by atoms with Gasteiger partial charge in [-0.1, -0.05) is 44.7 Å². The van der Waals surface area contributed by atoms with E-state index >= 15 is 0 Å². The number of azo groups is 1. The van der Waals surface area contributed by atoms with Crippen molar-refractivity contribution >= 4 is 11.6 Å². The molecule has 15 heavy (non-hydrogen) atoms. The van der Waals surface area contributed by atoms with Crippen molar-refractivity contribution in [2.24, 2.45) is 16.1 Å². The molecule has 0 aromatic carbocycles. The standard InChI is InChI=1S/C12H23ClN2/c1-10(2)9-12(3,13)15-14-11-7-5-4-6-8-11/h10-11H,4-9H2,1-3H3. The number of nitrogens with zero attached hydrogens (tertiary/aromatic N) is 2. The summed E-state index contributed by atoms with van der Waals surface area (Å²) in [6, 6.07) is 0.434. The summed E-state index contributed by atoms with van der Waals surface area (Å²) in [7, 11) is 0. The second-order valence-corrected chi connectivity index (χ2v) is 6.06. The van der Waals surface area contributed by atoms with Crippen molar-refractivity contribution < 1.29 is 0 Å². The maximum absolute atomic E-state index is 6.29. The summed E-state index contributed by atoms with van der Waals surface area (Å²) < 4.78 is 0. The van der Waals surface area contributed by atoms with Gasteiger partial charge in [-0.3, -0.25) is 0 Å². The molecule has 1 aliphatic carbocycles. The van der Waals surface area contributed by atoms with E-state index in [1.807, 2.05) is 6.92 Å². The SMILES string of the molecule is CC(C)CC(C)(Cl)N=NC1CCCCC1. The van der Waals surface area contributed by atoms with E-state index in [4.69, 9.17) is 11.6 Å². The number of alkyl halides is 1. The Balaban J connectivity index is 2.40. The van der Waals surface area contributed by atoms with Crippen LogP contribution in [0.5, 0.6) is 0 Å². The molecule has 2 nitrogen and oxygen atoms in total. The van der Waals surface area contributed by atoms with Gasteiger partial charge in [0.1, 0.15) is 0 Å². The molecule has 1 fully saturated rings. The summed E-state index contributed by atoms with van der Waals surface area (Å²) in [4.78, 5) is -0.494. The molecule has 0 aliphatic heterocycles. The third-order valence-corrected chi connectivity index (χ3v) is 3.01. The van der Waals surface area contributed by atoms with Crippen LogP contribution in [0.4, 0.5) is 0 Å². The topological polar surface area (TPSA) is 24.7 Å². The highest BCUT2D eigenvalue weighted by Gasteiger charge is 2.22. The van der Waals surface area contributed by atoms with Crippen LogP contribution < -0.4 is 0 Å². The van der Waals surface area contributed by atoms with Gasteiger partial charge in [0.2, 0.25) is 0 Å². The molecule has 0 radical (unpaired) electrons. The van der Waals surface area contributed by atoms with E-state index in [1.54, 1.807) is 0 Å². The van der Waals surface area contributed by atoms with Crippen LogP contribution >= 0.6 is 11.6 Å². The minimum Gasteiger partial charge on any atom is -0.189 e. The predicted octanol–water partition coefficient (Wildman–Crippen LogP) is 4.77. The summed E-state index contributed by atoms with van der Waals surface area (Å²) in [6.07, 6.45) is 7.23. The highest BCUT2D eigenvalue weighted by atomic mass is 35.5. The first kappa shape index (κ1) is 13.0. The lowest BCUT2D eigenvalue weighted by Gasteiger charge is -2.21. The molecular weight excluding hydrogens is 208 g/mol. The van der Waals surface area contributed by atoms with Crippen LogP contribution in [0.1, 0.15) is 59.3 Å². The highest BCUT2D eigenvalue weighted by molar-refractivity contribution is 6.23. The fourth-order valence-electron chi connectivity index (χ4n) is 2.18. The number of halogens is 1. The van der Waals surface area contributed by atoms with Gasteiger partial charge in [0.05, 0.1) is 6.04 Å². The first-order chi connectivity index (χ1) is 6.99. The lowest BCUT2D eigenvalue weighted by Crippen LogP contribution is -2.17. The van der Waals surface area contributed by atoms with Crippen molar-refractivity contribution in [2.45, 2.75) is 70.3 Å². The van der Waals surface area contributed by atoms with E-state index in [2.05, 4.69) is 24.1 Å². The molecule has 0 bridgehead atoms. The maximum Gasteiger partial charge on any atom is 0.152 e. The summed E-state index contributed by atoms with van der Waals surface area (Å²) in [5.41, 5.74) is 0. The highest BCUT2D eigenvalue weighted by Crippen LogP contribution is 2.28. The first-order valence-corrected chi connectivity index (χ1v) is 6.48. The minimum absolute atomic E-state index is 0.434.